The quantitative estimate of drug-likeness (QED) is 0.923. The van der Waals surface area contributed by atoms with Crippen LogP contribution in [0.5, 0.6) is 5.75 Å². The summed E-state index contributed by atoms with van der Waals surface area (Å²) in [6.45, 7) is 3.62. The molecule has 0 radical (unpaired) electrons. The van der Waals surface area contributed by atoms with Crippen molar-refractivity contribution in [3.05, 3.63) is 65.0 Å². The lowest BCUT2D eigenvalue weighted by atomic mass is 9.87. The Labute approximate surface area is 118 Å². The van der Waals surface area contributed by atoms with Crippen molar-refractivity contribution in [3.8, 4) is 5.75 Å². The predicted octanol–water partition coefficient (Wildman–Crippen LogP) is 3.59. The summed E-state index contributed by atoms with van der Waals surface area (Å²) in [6, 6.07) is 12.1. The molecule has 106 valence electrons. The van der Waals surface area contributed by atoms with Gasteiger partial charge in [0.2, 0.25) is 0 Å². The van der Waals surface area contributed by atoms with E-state index in [9.17, 15) is 9.50 Å². The van der Waals surface area contributed by atoms with Gasteiger partial charge in [-0.3, -0.25) is 0 Å². The molecule has 0 aliphatic rings. The summed E-state index contributed by atoms with van der Waals surface area (Å²) in [6.07, 6.45) is 0.194. The number of halogens is 1. The number of ether oxygens (including phenoxy) is 1. The molecule has 2 nitrogen and oxygen atoms in total. The van der Waals surface area contributed by atoms with Crippen molar-refractivity contribution < 1.29 is 14.2 Å². The predicted molar refractivity (Wildman–Crippen MR) is 77.4 cm³/mol. The Balaban J connectivity index is 2.40. The van der Waals surface area contributed by atoms with Gasteiger partial charge >= 0.3 is 0 Å². The van der Waals surface area contributed by atoms with Crippen molar-refractivity contribution in [2.45, 2.75) is 25.9 Å². The molecule has 2 aromatic carbocycles. The Morgan fingerprint density at radius 1 is 1.20 bits per heavy atom. The first-order chi connectivity index (χ1) is 9.44. The molecule has 1 atom stereocenters. The monoisotopic (exact) mass is 274 g/mol. The van der Waals surface area contributed by atoms with E-state index in [1.807, 2.05) is 25.1 Å². The van der Waals surface area contributed by atoms with E-state index in [0.717, 1.165) is 5.56 Å². The van der Waals surface area contributed by atoms with Gasteiger partial charge in [0.05, 0.1) is 12.7 Å². The molecule has 0 saturated carbocycles. The van der Waals surface area contributed by atoms with E-state index in [-0.39, 0.29) is 12.2 Å². The average Bonchev–Trinajstić information content (AvgIpc) is 2.41. The van der Waals surface area contributed by atoms with Gasteiger partial charge in [0.25, 0.3) is 0 Å². The molecule has 2 rings (SSSR count). The number of aliphatic hydroxyl groups is 1. The fourth-order valence-electron chi connectivity index (χ4n) is 2.35. The first-order valence-electron chi connectivity index (χ1n) is 6.55. The fraction of sp³-hybridized carbons (Fsp3) is 0.294. The third kappa shape index (κ3) is 2.99. The molecular formula is C17H19FO2. The Morgan fingerprint density at radius 2 is 1.90 bits per heavy atom. The summed E-state index contributed by atoms with van der Waals surface area (Å²) in [5.41, 5.74) is 0.985. The lowest BCUT2D eigenvalue weighted by molar-refractivity contribution is 0.0540. The summed E-state index contributed by atoms with van der Waals surface area (Å²) in [5, 5.41) is 10.8. The maximum atomic E-state index is 13.8. The van der Waals surface area contributed by atoms with Crippen molar-refractivity contribution in [1.29, 1.82) is 0 Å². The fourth-order valence-corrected chi connectivity index (χ4v) is 2.35. The minimum Gasteiger partial charge on any atom is -0.496 e. The van der Waals surface area contributed by atoms with E-state index in [0.29, 0.717) is 16.9 Å². The van der Waals surface area contributed by atoms with Gasteiger partial charge < -0.3 is 9.84 Å². The van der Waals surface area contributed by atoms with Crippen molar-refractivity contribution in [2.75, 3.05) is 7.11 Å². The van der Waals surface area contributed by atoms with Gasteiger partial charge in [-0.2, -0.15) is 0 Å². The van der Waals surface area contributed by atoms with Crippen LogP contribution in [-0.2, 0) is 12.0 Å². The van der Waals surface area contributed by atoms with E-state index >= 15 is 0 Å². The molecule has 0 heterocycles. The maximum absolute atomic E-state index is 13.8. The van der Waals surface area contributed by atoms with Crippen molar-refractivity contribution in [3.63, 3.8) is 0 Å². The molecule has 1 N–H and O–H groups in total. The smallest absolute Gasteiger partial charge is 0.126 e. The van der Waals surface area contributed by atoms with Crippen LogP contribution in [0.4, 0.5) is 4.39 Å². The number of benzene rings is 2. The van der Waals surface area contributed by atoms with Gasteiger partial charge in [-0.25, -0.2) is 4.39 Å². The summed E-state index contributed by atoms with van der Waals surface area (Å²) in [5.74, 6) is 0.302. The molecule has 0 aromatic heterocycles. The molecule has 0 bridgehead atoms. The Kier molecular flexibility index (Phi) is 4.09. The van der Waals surface area contributed by atoms with Crippen LogP contribution >= 0.6 is 0 Å². The highest BCUT2D eigenvalue weighted by molar-refractivity contribution is 5.41. The van der Waals surface area contributed by atoms with Gasteiger partial charge in [0, 0.05) is 12.0 Å². The molecular weight excluding hydrogens is 255 g/mol. The number of hydrogen-bond donors (Lipinski definition) is 1. The van der Waals surface area contributed by atoms with Gasteiger partial charge in [-0.15, -0.1) is 0 Å². The average molecular weight is 274 g/mol. The Morgan fingerprint density at radius 3 is 2.55 bits per heavy atom. The van der Waals surface area contributed by atoms with Crippen LogP contribution in [0.1, 0.15) is 23.6 Å². The minimum absolute atomic E-state index is 0.194. The van der Waals surface area contributed by atoms with Crippen LogP contribution in [0.25, 0.3) is 0 Å². The Bertz CT molecular complexity index is 606. The lowest BCUT2D eigenvalue weighted by Gasteiger charge is -2.26. The van der Waals surface area contributed by atoms with E-state index in [2.05, 4.69) is 0 Å². The van der Waals surface area contributed by atoms with Crippen molar-refractivity contribution in [1.82, 2.24) is 0 Å². The van der Waals surface area contributed by atoms with Crippen LogP contribution < -0.4 is 4.74 Å². The maximum Gasteiger partial charge on any atom is 0.126 e. The summed E-state index contributed by atoms with van der Waals surface area (Å²) < 4.78 is 19.1. The van der Waals surface area contributed by atoms with Crippen LogP contribution in [0.3, 0.4) is 0 Å². The van der Waals surface area contributed by atoms with E-state index < -0.39 is 5.60 Å². The first-order valence-corrected chi connectivity index (χ1v) is 6.55. The summed E-state index contributed by atoms with van der Waals surface area (Å²) >= 11 is 0. The second kappa shape index (κ2) is 5.63. The topological polar surface area (TPSA) is 29.5 Å². The molecule has 0 fully saturated rings. The molecule has 0 aliphatic carbocycles. The molecule has 0 aliphatic heterocycles. The molecule has 0 saturated heterocycles. The Hall–Kier alpha value is -1.87. The molecule has 2 aromatic rings. The zero-order valence-electron chi connectivity index (χ0n) is 12.0. The highest BCUT2D eigenvalue weighted by atomic mass is 19.1. The molecule has 1 unspecified atom stereocenters. The van der Waals surface area contributed by atoms with Gasteiger partial charge in [0.1, 0.15) is 11.6 Å². The van der Waals surface area contributed by atoms with Gasteiger partial charge in [-0.1, -0.05) is 29.8 Å². The van der Waals surface area contributed by atoms with E-state index in [4.69, 9.17) is 4.74 Å². The normalized spacial score (nSPS) is 13.8. The van der Waals surface area contributed by atoms with E-state index in [1.54, 1.807) is 32.2 Å². The summed E-state index contributed by atoms with van der Waals surface area (Å²) in [4.78, 5) is 0. The van der Waals surface area contributed by atoms with Gasteiger partial charge in [0.15, 0.2) is 0 Å². The van der Waals surface area contributed by atoms with Crippen LogP contribution in [0.15, 0.2) is 42.5 Å². The number of methoxy groups -OCH3 is 1. The highest BCUT2D eigenvalue weighted by Gasteiger charge is 2.28. The summed E-state index contributed by atoms with van der Waals surface area (Å²) in [7, 11) is 1.56. The number of aryl methyl sites for hydroxylation is 1. The molecule has 0 spiro atoms. The highest BCUT2D eigenvalue weighted by Crippen LogP contribution is 2.33. The van der Waals surface area contributed by atoms with Gasteiger partial charge in [-0.05, 0) is 37.6 Å². The van der Waals surface area contributed by atoms with Crippen molar-refractivity contribution >= 4 is 0 Å². The van der Waals surface area contributed by atoms with Crippen molar-refractivity contribution in [2.24, 2.45) is 0 Å². The van der Waals surface area contributed by atoms with Crippen LogP contribution in [0, 0.1) is 12.7 Å². The third-order valence-corrected chi connectivity index (χ3v) is 3.43. The second-order valence-corrected chi connectivity index (χ2v) is 5.25. The standard InChI is InChI=1S/C17H19FO2/c1-12-8-9-16(20-3)14(10-12)17(2,19)11-13-6-4-5-7-15(13)18/h4-10,19H,11H2,1-3H3. The number of rotatable bonds is 4. The third-order valence-electron chi connectivity index (χ3n) is 3.43. The first kappa shape index (κ1) is 14.5. The zero-order valence-corrected chi connectivity index (χ0v) is 12.0. The molecule has 3 heteroatoms. The van der Waals surface area contributed by atoms with Crippen LogP contribution in [-0.4, -0.2) is 12.2 Å². The lowest BCUT2D eigenvalue weighted by Crippen LogP contribution is -2.25. The molecule has 0 amide bonds. The second-order valence-electron chi connectivity index (χ2n) is 5.25. The largest absolute Gasteiger partial charge is 0.496 e. The zero-order chi connectivity index (χ0) is 14.8. The van der Waals surface area contributed by atoms with Crippen LogP contribution in [0.2, 0.25) is 0 Å². The van der Waals surface area contributed by atoms with E-state index in [1.165, 1.54) is 6.07 Å². The SMILES string of the molecule is COc1ccc(C)cc1C(C)(O)Cc1ccccc1F. The minimum atomic E-state index is -1.19. The molecule has 20 heavy (non-hydrogen) atoms. The number of hydrogen-bond acceptors (Lipinski definition) is 2.